The second kappa shape index (κ2) is 8.94. The molecule has 30 heavy (non-hydrogen) atoms. The molecule has 0 heterocycles. The number of phenolic OH excluding ortho intramolecular Hbond substituents is 1. The molecule has 4 aromatic rings. The molecule has 4 heteroatoms. The maximum atomic E-state index is 13.3. The van der Waals surface area contributed by atoms with E-state index >= 15 is 0 Å². The quantitative estimate of drug-likeness (QED) is 0.366. The number of hydrogen-bond donors (Lipinski definition) is 2. The van der Waals surface area contributed by atoms with Crippen molar-refractivity contribution in [2.75, 3.05) is 11.5 Å². The lowest BCUT2D eigenvalue weighted by molar-refractivity contribution is -0.113. The summed E-state index contributed by atoms with van der Waals surface area (Å²) in [6.45, 7) is 0. The van der Waals surface area contributed by atoms with Gasteiger partial charge in [-0.1, -0.05) is 66.7 Å². The van der Waals surface area contributed by atoms with Gasteiger partial charge in [-0.3, -0.25) is 4.79 Å². The number of nitrogens with one attached hydrogen (secondary N) is 1. The molecule has 1 amide bonds. The molecule has 0 unspecified atom stereocenters. The lowest BCUT2D eigenvalue weighted by Gasteiger charge is -2.27. The molecule has 0 fully saturated rings. The van der Waals surface area contributed by atoms with Gasteiger partial charge in [0.25, 0.3) is 5.91 Å². The zero-order valence-electron chi connectivity index (χ0n) is 16.5. The fraction of sp³-hybridized carbons (Fsp3) is 0.0385. The molecule has 4 aromatic carbocycles. The Labute approximate surface area is 177 Å². The molecule has 0 aromatic heterocycles. The minimum absolute atomic E-state index is 0.0638. The van der Waals surface area contributed by atoms with Crippen molar-refractivity contribution in [1.29, 1.82) is 0 Å². The third-order valence-corrected chi connectivity index (χ3v) is 9.45. The van der Waals surface area contributed by atoms with Gasteiger partial charge in [-0.25, -0.2) is 0 Å². The number of anilines is 1. The normalized spacial score (nSPS) is 11.1. The molecule has 4 rings (SSSR count). The second-order valence-corrected chi connectivity index (χ2v) is 10.5. The van der Waals surface area contributed by atoms with E-state index in [0.717, 1.165) is 15.9 Å². The third-order valence-electron chi connectivity index (χ3n) is 5.15. The first-order valence-electron chi connectivity index (χ1n) is 9.83. The van der Waals surface area contributed by atoms with Gasteiger partial charge in [-0.05, 0) is 48.5 Å². The number of carbonyl (C=O) groups is 1. The Morgan fingerprint density at radius 3 is 1.47 bits per heavy atom. The largest absolute Gasteiger partial charge is 0.506 e. The lowest BCUT2D eigenvalue weighted by atomic mass is 10.3. The van der Waals surface area contributed by atoms with E-state index < -0.39 is 7.26 Å². The Kier molecular flexibility index (Phi) is 5.92. The van der Waals surface area contributed by atoms with Crippen LogP contribution in [0.5, 0.6) is 5.75 Å². The summed E-state index contributed by atoms with van der Waals surface area (Å²) in [4.78, 5) is 13.3. The van der Waals surface area contributed by atoms with Crippen LogP contribution in [-0.2, 0) is 4.79 Å². The van der Waals surface area contributed by atoms with E-state index in [1.54, 1.807) is 24.3 Å². The van der Waals surface area contributed by atoms with E-state index in [2.05, 4.69) is 41.7 Å². The minimum atomic E-state index is -2.26. The van der Waals surface area contributed by atoms with Gasteiger partial charge in [0.1, 0.15) is 28.9 Å². The number of rotatable bonds is 6. The first-order chi connectivity index (χ1) is 14.7. The smallest absolute Gasteiger partial charge is 0.263 e. The summed E-state index contributed by atoms with van der Waals surface area (Å²) in [7, 11) is -2.26. The van der Waals surface area contributed by atoms with E-state index in [-0.39, 0.29) is 11.7 Å². The molecule has 0 spiro atoms. The van der Waals surface area contributed by atoms with Crippen LogP contribution in [0.2, 0.25) is 0 Å². The number of hydrogen-bond acceptors (Lipinski definition) is 2. The number of amides is 1. The molecular weight excluding hydrogens is 389 g/mol. The topological polar surface area (TPSA) is 49.3 Å². The SMILES string of the molecule is O=C(C[P+](c1ccccc1)(c1ccccc1)c1ccccc1)Nc1ccccc1O. The van der Waals surface area contributed by atoms with E-state index in [0.29, 0.717) is 11.8 Å². The number of aromatic hydroxyl groups is 1. The molecule has 2 N–H and O–H groups in total. The molecule has 0 aliphatic carbocycles. The minimum Gasteiger partial charge on any atom is -0.506 e. The highest BCUT2D eigenvalue weighted by atomic mass is 31.2. The fourth-order valence-electron chi connectivity index (χ4n) is 3.75. The lowest BCUT2D eigenvalue weighted by Crippen LogP contribution is -2.37. The van der Waals surface area contributed by atoms with E-state index in [9.17, 15) is 9.90 Å². The van der Waals surface area contributed by atoms with Gasteiger partial charge in [0.15, 0.2) is 6.16 Å². The summed E-state index contributed by atoms with van der Waals surface area (Å²) in [5.41, 5.74) is 0.426. The van der Waals surface area contributed by atoms with Crippen molar-refractivity contribution < 1.29 is 9.90 Å². The molecule has 0 aliphatic heterocycles. The summed E-state index contributed by atoms with van der Waals surface area (Å²) in [6.07, 6.45) is 0.305. The van der Waals surface area contributed by atoms with E-state index in [1.165, 1.54) is 0 Å². The highest BCUT2D eigenvalue weighted by Crippen LogP contribution is 2.55. The van der Waals surface area contributed by atoms with Gasteiger partial charge < -0.3 is 10.4 Å². The molecular formula is C26H23NO2P+. The molecule has 0 atom stereocenters. The Morgan fingerprint density at radius 1 is 0.633 bits per heavy atom. The summed E-state index contributed by atoms with van der Waals surface area (Å²) in [5, 5.41) is 16.5. The van der Waals surface area contributed by atoms with Crippen molar-refractivity contribution in [3.63, 3.8) is 0 Å². The van der Waals surface area contributed by atoms with Gasteiger partial charge in [0.2, 0.25) is 0 Å². The zero-order valence-corrected chi connectivity index (χ0v) is 17.4. The van der Waals surface area contributed by atoms with Crippen LogP contribution in [0.25, 0.3) is 0 Å². The van der Waals surface area contributed by atoms with Crippen LogP contribution in [0.1, 0.15) is 0 Å². The fourth-order valence-corrected chi connectivity index (χ4v) is 7.75. The molecule has 0 saturated heterocycles. The average molecular weight is 412 g/mol. The van der Waals surface area contributed by atoms with Crippen molar-refractivity contribution in [3.05, 3.63) is 115 Å². The number of benzene rings is 4. The summed E-state index contributed by atoms with van der Waals surface area (Å²) < 4.78 is 0. The van der Waals surface area contributed by atoms with Crippen LogP contribution in [-0.4, -0.2) is 17.2 Å². The first-order valence-corrected chi connectivity index (χ1v) is 11.8. The number of carbonyl (C=O) groups excluding carboxylic acids is 1. The molecule has 148 valence electrons. The number of phenols is 1. The van der Waals surface area contributed by atoms with E-state index in [4.69, 9.17) is 0 Å². The summed E-state index contributed by atoms with van der Waals surface area (Å²) in [5.74, 6) is -0.0599. The average Bonchev–Trinajstić information content (AvgIpc) is 2.81. The van der Waals surface area contributed by atoms with Crippen molar-refractivity contribution in [1.82, 2.24) is 0 Å². The van der Waals surface area contributed by atoms with Gasteiger partial charge in [0.05, 0.1) is 5.69 Å². The molecule has 0 saturated carbocycles. The Hall–Kier alpha value is -3.42. The summed E-state index contributed by atoms with van der Waals surface area (Å²) in [6, 6.07) is 37.6. The Bertz CT molecular complexity index is 1020. The third kappa shape index (κ3) is 3.98. The standard InChI is InChI=1S/C26H22NO2P/c28-25-19-11-10-18-24(25)27-26(29)20-30(21-12-4-1-5-13-21,22-14-6-2-7-15-22)23-16-8-3-9-17-23/h1-19H,20H2,(H-,27,28,29)/p+1. The van der Waals surface area contributed by atoms with Crippen molar-refractivity contribution in [2.24, 2.45) is 0 Å². The maximum Gasteiger partial charge on any atom is 0.263 e. The van der Waals surface area contributed by atoms with Crippen LogP contribution in [0, 0.1) is 0 Å². The summed E-state index contributed by atoms with van der Waals surface area (Å²) >= 11 is 0. The van der Waals surface area contributed by atoms with Crippen molar-refractivity contribution >= 4 is 34.8 Å². The van der Waals surface area contributed by atoms with Gasteiger partial charge in [-0.15, -0.1) is 0 Å². The van der Waals surface area contributed by atoms with Gasteiger partial charge >= 0.3 is 0 Å². The van der Waals surface area contributed by atoms with Crippen LogP contribution in [0.4, 0.5) is 5.69 Å². The van der Waals surface area contributed by atoms with Gasteiger partial charge in [-0.2, -0.15) is 0 Å². The van der Waals surface area contributed by atoms with Crippen LogP contribution in [0.3, 0.4) is 0 Å². The van der Waals surface area contributed by atoms with Crippen LogP contribution < -0.4 is 21.2 Å². The van der Waals surface area contributed by atoms with Crippen LogP contribution in [0.15, 0.2) is 115 Å². The first kappa shape index (κ1) is 19.9. The Morgan fingerprint density at radius 2 is 1.03 bits per heavy atom. The monoisotopic (exact) mass is 412 g/mol. The highest BCUT2D eigenvalue weighted by molar-refractivity contribution is 7.96. The maximum absolute atomic E-state index is 13.3. The molecule has 3 nitrogen and oxygen atoms in total. The molecule has 0 aliphatic rings. The highest BCUT2D eigenvalue weighted by Gasteiger charge is 2.47. The predicted octanol–water partition coefficient (Wildman–Crippen LogP) is 4.32. The molecule has 0 radical (unpaired) electrons. The Balaban J connectivity index is 1.85. The predicted molar refractivity (Wildman–Crippen MR) is 127 cm³/mol. The van der Waals surface area contributed by atoms with Crippen molar-refractivity contribution in [3.8, 4) is 5.75 Å². The molecule has 0 bridgehead atoms. The second-order valence-electron chi connectivity index (χ2n) is 7.04. The van der Waals surface area contributed by atoms with Crippen molar-refractivity contribution in [2.45, 2.75) is 0 Å². The zero-order chi connectivity index (χ0) is 20.8. The van der Waals surface area contributed by atoms with Crippen LogP contribution >= 0.6 is 7.26 Å². The van der Waals surface area contributed by atoms with Gasteiger partial charge in [0, 0.05) is 0 Å². The van der Waals surface area contributed by atoms with E-state index in [1.807, 2.05) is 54.6 Å². The number of para-hydroxylation sites is 2.